The van der Waals surface area contributed by atoms with Crippen LogP contribution in [0.4, 0.5) is 0 Å². The van der Waals surface area contributed by atoms with Gasteiger partial charge >= 0.3 is 5.97 Å². The predicted octanol–water partition coefficient (Wildman–Crippen LogP) is 6.78. The fourth-order valence-electron chi connectivity index (χ4n) is 3.07. The van der Waals surface area contributed by atoms with Crippen LogP contribution in [-0.4, -0.2) is 11.1 Å². The number of carboxylic acid groups (broad SMARTS) is 1. The lowest BCUT2D eigenvalue weighted by Crippen LogP contribution is -2.03. The monoisotopic (exact) mass is 335 g/mol. The average Bonchev–Trinajstić information content (AvgIpc) is 2.56. The number of aliphatic carboxylic acids is 1. The number of nitriles is 1. The van der Waals surface area contributed by atoms with E-state index in [9.17, 15) is 9.90 Å². The van der Waals surface area contributed by atoms with E-state index < -0.39 is 5.97 Å². The summed E-state index contributed by atoms with van der Waals surface area (Å²) in [5.41, 5.74) is 0.864. The highest BCUT2D eigenvalue weighted by Gasteiger charge is 2.13. The zero-order valence-corrected chi connectivity index (χ0v) is 15.9. The molecule has 0 saturated carbocycles. The molecule has 24 heavy (non-hydrogen) atoms. The van der Waals surface area contributed by atoms with Crippen molar-refractivity contribution in [1.82, 2.24) is 0 Å². The zero-order chi connectivity index (χ0) is 18.0. The van der Waals surface area contributed by atoms with Gasteiger partial charge in [0.1, 0.15) is 11.6 Å². The minimum Gasteiger partial charge on any atom is -0.477 e. The van der Waals surface area contributed by atoms with Gasteiger partial charge in [0.2, 0.25) is 0 Å². The maximum absolute atomic E-state index is 11.3. The van der Waals surface area contributed by atoms with E-state index in [-0.39, 0.29) is 5.57 Å². The van der Waals surface area contributed by atoms with Gasteiger partial charge < -0.3 is 5.11 Å². The summed E-state index contributed by atoms with van der Waals surface area (Å²) in [6.45, 7) is 4.42. The van der Waals surface area contributed by atoms with Gasteiger partial charge in [-0.05, 0) is 31.3 Å². The Morgan fingerprint density at radius 1 is 0.750 bits per heavy atom. The number of nitrogens with zero attached hydrogens (tertiary/aromatic N) is 1. The minimum absolute atomic E-state index is 0.00505. The maximum atomic E-state index is 11.3. The summed E-state index contributed by atoms with van der Waals surface area (Å²) in [7, 11) is 0. The lowest BCUT2D eigenvalue weighted by molar-refractivity contribution is -0.132. The van der Waals surface area contributed by atoms with Gasteiger partial charge in [-0.2, -0.15) is 5.26 Å². The van der Waals surface area contributed by atoms with Crippen molar-refractivity contribution in [2.45, 2.75) is 110 Å². The van der Waals surface area contributed by atoms with Crippen LogP contribution in [0.2, 0.25) is 0 Å². The van der Waals surface area contributed by atoms with Gasteiger partial charge in [-0.25, -0.2) is 4.79 Å². The molecule has 0 atom stereocenters. The molecule has 0 heterocycles. The van der Waals surface area contributed by atoms with E-state index in [1.165, 1.54) is 57.8 Å². The third-order valence-corrected chi connectivity index (χ3v) is 4.59. The molecule has 0 bridgehead atoms. The number of hydrogen-bond acceptors (Lipinski definition) is 2. The Labute approximate surface area is 149 Å². The summed E-state index contributed by atoms with van der Waals surface area (Å²) in [5, 5.41) is 18.4. The first kappa shape index (κ1) is 22.7. The number of rotatable bonds is 16. The van der Waals surface area contributed by atoms with Gasteiger partial charge in [0.25, 0.3) is 0 Å². The summed E-state index contributed by atoms with van der Waals surface area (Å²) in [6.07, 6.45) is 17.2. The summed E-state index contributed by atoms with van der Waals surface area (Å²) in [4.78, 5) is 11.3. The smallest absolute Gasteiger partial charge is 0.346 e. The molecular formula is C21H37NO2. The molecule has 3 heteroatoms. The second kappa shape index (κ2) is 16.6. The molecule has 0 aromatic carbocycles. The van der Waals surface area contributed by atoms with Crippen LogP contribution in [0, 0.1) is 11.3 Å². The topological polar surface area (TPSA) is 61.1 Å². The number of carbonyl (C=O) groups is 1. The molecule has 0 aromatic rings. The molecular weight excluding hydrogens is 298 g/mol. The highest BCUT2D eigenvalue weighted by Crippen LogP contribution is 2.22. The van der Waals surface area contributed by atoms with Crippen LogP contribution < -0.4 is 0 Å². The standard InChI is InChI=1S/C21H37NO2/c1-3-5-7-9-11-13-15-17-19(20(18-22)21(23)24)16-14-12-10-8-6-4-2/h3-17H2,1-2H3,(H,23,24). The van der Waals surface area contributed by atoms with Crippen molar-refractivity contribution in [1.29, 1.82) is 5.26 Å². The van der Waals surface area contributed by atoms with Crippen LogP contribution in [0.5, 0.6) is 0 Å². The number of unbranched alkanes of at least 4 members (excludes halogenated alkanes) is 11. The van der Waals surface area contributed by atoms with E-state index in [1.54, 1.807) is 0 Å². The van der Waals surface area contributed by atoms with Gasteiger partial charge in [-0.1, -0.05) is 84.5 Å². The van der Waals surface area contributed by atoms with Crippen molar-refractivity contribution in [2.24, 2.45) is 0 Å². The zero-order valence-electron chi connectivity index (χ0n) is 15.9. The molecule has 3 nitrogen and oxygen atoms in total. The highest BCUT2D eigenvalue weighted by molar-refractivity contribution is 5.92. The average molecular weight is 336 g/mol. The van der Waals surface area contributed by atoms with Gasteiger partial charge in [-0.3, -0.25) is 0 Å². The highest BCUT2D eigenvalue weighted by atomic mass is 16.4. The first-order valence-electron chi connectivity index (χ1n) is 10.0. The molecule has 1 N–H and O–H groups in total. The minimum atomic E-state index is -1.05. The molecule has 0 aliphatic heterocycles. The normalized spacial score (nSPS) is 11.9. The van der Waals surface area contributed by atoms with E-state index in [1.807, 2.05) is 6.07 Å². The summed E-state index contributed by atoms with van der Waals surface area (Å²) >= 11 is 0. The van der Waals surface area contributed by atoms with Crippen LogP contribution in [0.25, 0.3) is 0 Å². The van der Waals surface area contributed by atoms with Gasteiger partial charge in [0, 0.05) is 0 Å². The van der Waals surface area contributed by atoms with Crippen LogP contribution in [0.3, 0.4) is 0 Å². The number of carboxylic acids is 1. The maximum Gasteiger partial charge on any atom is 0.346 e. The van der Waals surface area contributed by atoms with E-state index in [2.05, 4.69) is 13.8 Å². The van der Waals surface area contributed by atoms with E-state index in [0.717, 1.165) is 44.1 Å². The van der Waals surface area contributed by atoms with Crippen LogP contribution in [-0.2, 0) is 4.79 Å². The second-order valence-electron chi connectivity index (χ2n) is 6.78. The summed E-state index contributed by atoms with van der Waals surface area (Å²) in [5.74, 6) is -1.05. The molecule has 0 unspecified atom stereocenters. The van der Waals surface area contributed by atoms with Gasteiger partial charge in [-0.15, -0.1) is 0 Å². The Kier molecular flexibility index (Phi) is 15.7. The van der Waals surface area contributed by atoms with E-state index in [0.29, 0.717) is 0 Å². The Morgan fingerprint density at radius 2 is 1.12 bits per heavy atom. The first-order chi connectivity index (χ1) is 11.7. The summed E-state index contributed by atoms with van der Waals surface area (Å²) < 4.78 is 0. The van der Waals surface area contributed by atoms with Crippen molar-refractivity contribution in [3.63, 3.8) is 0 Å². The summed E-state index contributed by atoms with van der Waals surface area (Å²) in [6, 6.07) is 1.91. The molecule has 0 rings (SSSR count). The first-order valence-corrected chi connectivity index (χ1v) is 10.0. The molecule has 0 fully saturated rings. The molecule has 0 amide bonds. The largest absolute Gasteiger partial charge is 0.477 e. The third-order valence-electron chi connectivity index (χ3n) is 4.59. The van der Waals surface area contributed by atoms with Crippen molar-refractivity contribution >= 4 is 5.97 Å². The molecule has 0 aliphatic rings. The van der Waals surface area contributed by atoms with E-state index >= 15 is 0 Å². The molecule has 138 valence electrons. The van der Waals surface area contributed by atoms with Crippen molar-refractivity contribution in [3.8, 4) is 6.07 Å². The Balaban J connectivity index is 4.22. The Morgan fingerprint density at radius 3 is 1.46 bits per heavy atom. The molecule has 0 aromatic heterocycles. The number of hydrogen-bond donors (Lipinski definition) is 1. The van der Waals surface area contributed by atoms with Gasteiger partial charge in [0.15, 0.2) is 0 Å². The van der Waals surface area contributed by atoms with E-state index in [4.69, 9.17) is 5.26 Å². The predicted molar refractivity (Wildman–Crippen MR) is 101 cm³/mol. The molecule has 0 radical (unpaired) electrons. The van der Waals surface area contributed by atoms with Crippen molar-refractivity contribution in [2.75, 3.05) is 0 Å². The molecule has 0 spiro atoms. The third kappa shape index (κ3) is 12.2. The van der Waals surface area contributed by atoms with Crippen LogP contribution in [0.1, 0.15) is 110 Å². The molecule has 0 aliphatic carbocycles. The SMILES string of the molecule is CCCCCCCCCC(CCCCCCCC)=C(C#N)C(=O)O. The number of allylic oxidation sites excluding steroid dienone is 1. The van der Waals surface area contributed by atoms with Gasteiger partial charge in [0.05, 0.1) is 0 Å². The Hall–Kier alpha value is -1.30. The quantitative estimate of drug-likeness (QED) is 0.192. The fourth-order valence-corrected chi connectivity index (χ4v) is 3.07. The van der Waals surface area contributed by atoms with Crippen molar-refractivity contribution in [3.05, 3.63) is 11.1 Å². The fraction of sp³-hybridized carbons (Fsp3) is 0.810. The van der Waals surface area contributed by atoms with Crippen LogP contribution in [0.15, 0.2) is 11.1 Å². The lowest BCUT2D eigenvalue weighted by Gasteiger charge is -2.09. The lowest BCUT2D eigenvalue weighted by atomic mass is 9.95. The molecule has 0 saturated heterocycles. The Bertz CT molecular complexity index is 393. The van der Waals surface area contributed by atoms with Crippen LogP contribution >= 0.6 is 0 Å². The second-order valence-corrected chi connectivity index (χ2v) is 6.78. The van der Waals surface area contributed by atoms with Crippen molar-refractivity contribution < 1.29 is 9.90 Å².